The number of anilines is 1. The van der Waals surface area contributed by atoms with Crippen LogP contribution in [-0.2, 0) is 23.7 Å². The Kier molecular flexibility index (Phi) is 10.9. The molecule has 3 aromatic carbocycles. The number of aromatic hydroxyl groups is 1. The Morgan fingerprint density at radius 1 is 1.02 bits per heavy atom. The Labute approximate surface area is 334 Å². The van der Waals surface area contributed by atoms with E-state index in [-0.39, 0.29) is 47.9 Å². The first kappa shape index (κ1) is 41.1. The van der Waals surface area contributed by atoms with Gasteiger partial charge in [-0.15, -0.1) is 0 Å². The monoisotopic (exact) mass is 817 g/mol. The number of hydrogen-bond donors (Lipinski definition) is 2. The second-order valence-electron chi connectivity index (χ2n) is 15.4. The number of carbonyl (C=O) groups excluding carboxylic acids is 1. The largest absolute Gasteiger partial charge is 0.508 e. The third kappa shape index (κ3) is 7.67. The van der Waals surface area contributed by atoms with E-state index in [4.69, 9.17) is 10.7 Å². The predicted octanol–water partition coefficient (Wildman–Crippen LogP) is 9.02. The molecule has 16 heteroatoms. The first-order valence-corrected chi connectivity index (χ1v) is 19.1. The highest BCUT2D eigenvalue weighted by Gasteiger charge is 2.67. The van der Waals surface area contributed by atoms with Crippen molar-refractivity contribution in [3.8, 4) is 22.7 Å². The number of phenolic OH excluding ortho intramolecular Hbond substituents is 1. The molecule has 10 nitrogen and oxygen atoms in total. The highest BCUT2D eigenvalue weighted by Crippen LogP contribution is 2.68. The topological polar surface area (TPSA) is 142 Å². The van der Waals surface area contributed by atoms with Crippen molar-refractivity contribution in [3.05, 3.63) is 122 Å². The second kappa shape index (κ2) is 15.6. The van der Waals surface area contributed by atoms with E-state index in [1.165, 1.54) is 29.7 Å². The maximum Gasteiger partial charge on any atom is 0.293 e. The van der Waals surface area contributed by atoms with Crippen molar-refractivity contribution in [2.45, 2.75) is 84.6 Å². The fourth-order valence-corrected chi connectivity index (χ4v) is 7.90. The van der Waals surface area contributed by atoms with Crippen LogP contribution in [0.4, 0.5) is 32.0 Å². The number of fused-ring (bicyclic) bond motifs is 4. The number of hydrogen-bond acceptors (Lipinski definition) is 8. The fourth-order valence-electron chi connectivity index (χ4n) is 7.90. The lowest BCUT2D eigenvalue weighted by Crippen LogP contribution is -2.29. The normalized spacial score (nSPS) is 17.3. The SMILES string of the molecule is CC(=O)Cn1nc(C(F)F)c2c1C(F)(F)[C@@H]1CC21.CCC(C)C(Cc1cc(F)cc(F)c1)c1nc2cc(-c3ccc(C)nn3)ccc2c(=O)n1-c1ccc(O)c(C)c1N. The number of nitrogens with zero attached hydrogens (tertiary/aromatic N) is 6. The maximum atomic E-state index is 14.2. The highest BCUT2D eigenvalue weighted by molar-refractivity contribution is 5.84. The lowest BCUT2D eigenvalue weighted by atomic mass is 9.85. The van der Waals surface area contributed by atoms with Gasteiger partial charge in [0.15, 0.2) is 5.78 Å². The molecule has 6 aromatic rings. The van der Waals surface area contributed by atoms with Crippen molar-refractivity contribution in [2.24, 2.45) is 11.8 Å². The molecule has 2 aliphatic carbocycles. The number of aromatic nitrogens is 6. The molecule has 0 aliphatic heterocycles. The number of nitrogen functional groups attached to an aromatic ring is 1. The summed E-state index contributed by atoms with van der Waals surface area (Å²) in [5.74, 6) is -6.30. The van der Waals surface area contributed by atoms with Crippen LogP contribution < -0.4 is 11.3 Å². The maximum absolute atomic E-state index is 14.2. The molecule has 0 spiro atoms. The standard InChI is InChI=1S/C32H31F2N5O2.C11H10F4N2O/c1-5-17(2)25(14-20-12-22(33)16-23(34)13-20)31-36-27-15-21(26-9-6-18(3)37-38-26)7-8-24(27)32(41)39(31)28-10-11-29(40)19(4)30(28)35;1-4(18)3-17-9-7(8(16-17)10(12)13)5-2-6(5)11(9,14)15/h6-13,15-17,25,40H,5,14,35H2,1-4H3;5-6,10H,2-3H2,1H3/t;5?,6-/m.1/s1. The van der Waals surface area contributed by atoms with E-state index in [0.717, 1.165) is 28.4 Å². The van der Waals surface area contributed by atoms with Gasteiger partial charge in [0.05, 0.1) is 40.2 Å². The lowest BCUT2D eigenvalue weighted by molar-refractivity contribution is -0.118. The molecule has 0 amide bonds. The zero-order valence-electron chi connectivity index (χ0n) is 32.8. The van der Waals surface area contributed by atoms with Gasteiger partial charge in [0.25, 0.3) is 17.9 Å². The van der Waals surface area contributed by atoms with Gasteiger partial charge in [0, 0.05) is 34.6 Å². The number of Topliss-reactive ketones (excluding diaryl/α,β-unsaturated/α-hetero) is 1. The molecule has 59 heavy (non-hydrogen) atoms. The molecule has 2 aliphatic rings. The minimum Gasteiger partial charge on any atom is -0.508 e. The first-order valence-electron chi connectivity index (χ1n) is 19.1. The van der Waals surface area contributed by atoms with Crippen LogP contribution >= 0.6 is 0 Å². The summed E-state index contributed by atoms with van der Waals surface area (Å²) in [7, 11) is 0. The van der Waals surface area contributed by atoms with Gasteiger partial charge in [-0.2, -0.15) is 24.1 Å². The summed E-state index contributed by atoms with van der Waals surface area (Å²) in [5, 5.41) is 22.5. The van der Waals surface area contributed by atoms with Crippen LogP contribution in [0.3, 0.4) is 0 Å². The summed E-state index contributed by atoms with van der Waals surface area (Å²) in [6, 6.07) is 15.5. The summed E-state index contributed by atoms with van der Waals surface area (Å²) < 4.78 is 84.1. The number of aryl methyl sites for hydroxylation is 1. The van der Waals surface area contributed by atoms with Gasteiger partial charge in [0.2, 0.25) is 0 Å². The molecule has 1 saturated carbocycles. The van der Waals surface area contributed by atoms with E-state index >= 15 is 0 Å². The first-order chi connectivity index (χ1) is 27.9. The molecule has 3 unspecified atom stereocenters. The van der Waals surface area contributed by atoms with E-state index in [1.54, 1.807) is 31.2 Å². The Morgan fingerprint density at radius 2 is 1.73 bits per heavy atom. The molecule has 0 radical (unpaired) electrons. The number of rotatable bonds is 10. The van der Waals surface area contributed by atoms with Crippen molar-refractivity contribution in [1.29, 1.82) is 0 Å². The number of benzene rings is 3. The third-order valence-electron chi connectivity index (χ3n) is 11.3. The summed E-state index contributed by atoms with van der Waals surface area (Å²) >= 11 is 0. The molecule has 308 valence electrons. The van der Waals surface area contributed by atoms with Gasteiger partial charge in [0.1, 0.15) is 34.6 Å². The van der Waals surface area contributed by atoms with Crippen LogP contribution in [0.15, 0.2) is 65.5 Å². The molecule has 0 bridgehead atoms. The van der Waals surface area contributed by atoms with E-state index < -0.39 is 58.9 Å². The Balaban J connectivity index is 0.000000243. The summed E-state index contributed by atoms with van der Waals surface area (Å²) in [6.07, 6.45) is -1.70. The number of halogens is 6. The summed E-state index contributed by atoms with van der Waals surface area (Å²) in [5.41, 5.74) is 9.12. The molecular weight excluding hydrogens is 777 g/mol. The second-order valence-corrected chi connectivity index (χ2v) is 15.4. The summed E-state index contributed by atoms with van der Waals surface area (Å²) in [4.78, 5) is 30.3. The average Bonchev–Trinajstić information content (AvgIpc) is 3.84. The Bertz CT molecular complexity index is 2640. The van der Waals surface area contributed by atoms with Gasteiger partial charge in [-0.3, -0.25) is 18.8 Å². The quantitative estimate of drug-likeness (QED) is 0.103. The van der Waals surface area contributed by atoms with E-state index in [9.17, 15) is 41.0 Å². The number of ketones is 1. The predicted molar refractivity (Wildman–Crippen MR) is 209 cm³/mol. The van der Waals surface area contributed by atoms with Crippen LogP contribution in [0, 0.1) is 37.3 Å². The molecule has 3 N–H and O–H groups in total. The van der Waals surface area contributed by atoms with Crippen molar-refractivity contribution in [2.75, 3.05) is 5.73 Å². The van der Waals surface area contributed by atoms with Gasteiger partial charge < -0.3 is 10.8 Å². The van der Waals surface area contributed by atoms with Gasteiger partial charge in [-0.25, -0.2) is 22.5 Å². The number of carbonyl (C=O) groups is 1. The van der Waals surface area contributed by atoms with E-state index in [1.807, 2.05) is 32.9 Å². The molecule has 4 atom stereocenters. The van der Waals surface area contributed by atoms with E-state index in [2.05, 4.69) is 15.3 Å². The van der Waals surface area contributed by atoms with Crippen LogP contribution in [0.1, 0.15) is 91.5 Å². The third-order valence-corrected chi connectivity index (χ3v) is 11.3. The smallest absolute Gasteiger partial charge is 0.293 e. The minimum absolute atomic E-state index is 0.00663. The van der Waals surface area contributed by atoms with Crippen molar-refractivity contribution >= 4 is 22.4 Å². The fraction of sp³-hybridized carbons (Fsp3) is 0.349. The summed E-state index contributed by atoms with van der Waals surface area (Å²) in [6.45, 7) is 8.38. The van der Waals surface area contributed by atoms with Crippen LogP contribution in [0.5, 0.6) is 5.75 Å². The molecule has 3 heterocycles. The Morgan fingerprint density at radius 3 is 2.36 bits per heavy atom. The lowest BCUT2D eigenvalue weighted by Gasteiger charge is -2.27. The zero-order chi connectivity index (χ0) is 42.7. The van der Waals surface area contributed by atoms with Crippen LogP contribution in [0.2, 0.25) is 0 Å². The minimum atomic E-state index is -3.14. The van der Waals surface area contributed by atoms with Crippen LogP contribution in [-0.4, -0.2) is 40.4 Å². The zero-order valence-corrected chi connectivity index (χ0v) is 32.8. The van der Waals surface area contributed by atoms with Crippen LogP contribution in [0.25, 0.3) is 27.8 Å². The number of phenols is 1. The van der Waals surface area contributed by atoms with Gasteiger partial charge >= 0.3 is 0 Å². The highest BCUT2D eigenvalue weighted by atomic mass is 19.3. The van der Waals surface area contributed by atoms with Crippen molar-refractivity contribution in [3.63, 3.8) is 0 Å². The average molecular weight is 818 g/mol. The molecule has 0 saturated heterocycles. The number of alkyl halides is 4. The Hall–Kier alpha value is -6.06. The molecule has 1 fully saturated rings. The van der Waals surface area contributed by atoms with Crippen molar-refractivity contribution in [1.82, 2.24) is 29.5 Å². The number of nitrogens with two attached hydrogens (primary N) is 1. The molecule has 8 rings (SSSR count). The molecular formula is C43H41F6N7O3. The van der Waals surface area contributed by atoms with Crippen molar-refractivity contribution < 1.29 is 36.2 Å². The van der Waals surface area contributed by atoms with E-state index in [0.29, 0.717) is 39.2 Å². The molecule has 3 aromatic heterocycles. The van der Waals surface area contributed by atoms with Gasteiger partial charge in [-0.05, 0) is 99.5 Å². The van der Waals surface area contributed by atoms with Gasteiger partial charge in [-0.1, -0.05) is 26.3 Å².